The average molecular weight is 176 g/mol. The van der Waals surface area contributed by atoms with Gasteiger partial charge in [-0.2, -0.15) is 5.26 Å². The molecule has 0 unspecified atom stereocenters. The molecule has 0 atom stereocenters. The van der Waals surface area contributed by atoms with Crippen molar-refractivity contribution in [2.24, 2.45) is 5.92 Å². The van der Waals surface area contributed by atoms with Gasteiger partial charge in [-0.05, 0) is 12.0 Å². The van der Waals surface area contributed by atoms with E-state index in [2.05, 4.69) is 18.8 Å². The summed E-state index contributed by atoms with van der Waals surface area (Å²) < 4.78 is 5.42. The zero-order chi connectivity index (χ0) is 9.68. The van der Waals surface area contributed by atoms with Crippen LogP contribution in [-0.4, -0.2) is 11.6 Å². The minimum absolute atomic E-state index is 0.390. The fourth-order valence-electron chi connectivity index (χ4n) is 0.825. The highest BCUT2D eigenvalue weighted by Crippen LogP contribution is 2.11. The van der Waals surface area contributed by atoms with E-state index < -0.39 is 0 Å². The van der Waals surface area contributed by atoms with E-state index in [0.717, 1.165) is 0 Å². The molecule has 0 saturated carbocycles. The van der Waals surface area contributed by atoms with Crippen LogP contribution in [0.2, 0.25) is 0 Å². The summed E-state index contributed by atoms with van der Waals surface area (Å²) >= 11 is 0. The molecular formula is C10H12N2O. The lowest BCUT2D eigenvalue weighted by Crippen LogP contribution is -2.04. The van der Waals surface area contributed by atoms with E-state index in [9.17, 15) is 0 Å². The van der Waals surface area contributed by atoms with Crippen molar-refractivity contribution in [3.05, 3.63) is 24.0 Å². The number of nitriles is 1. The van der Waals surface area contributed by atoms with Crippen LogP contribution >= 0.6 is 0 Å². The van der Waals surface area contributed by atoms with Gasteiger partial charge in [0.15, 0.2) is 0 Å². The summed E-state index contributed by atoms with van der Waals surface area (Å²) in [5.74, 6) is 1.19. The van der Waals surface area contributed by atoms with Gasteiger partial charge in [-0.3, -0.25) is 0 Å². The number of ether oxygens (including phenoxy) is 1. The predicted molar refractivity (Wildman–Crippen MR) is 49.3 cm³/mol. The second-order valence-corrected chi connectivity index (χ2v) is 3.19. The molecule has 0 saturated heterocycles. The van der Waals surface area contributed by atoms with Crippen molar-refractivity contribution in [3.8, 4) is 11.8 Å². The molecule has 0 aliphatic carbocycles. The molecule has 0 aromatic carbocycles. The molecule has 68 valence electrons. The van der Waals surface area contributed by atoms with Gasteiger partial charge in [-0.1, -0.05) is 13.8 Å². The van der Waals surface area contributed by atoms with Crippen LogP contribution in [0.15, 0.2) is 18.3 Å². The van der Waals surface area contributed by atoms with Crippen molar-refractivity contribution in [1.29, 1.82) is 5.26 Å². The van der Waals surface area contributed by atoms with Gasteiger partial charge >= 0.3 is 0 Å². The summed E-state index contributed by atoms with van der Waals surface area (Å²) in [7, 11) is 0. The first-order chi connectivity index (χ1) is 6.22. The highest BCUT2D eigenvalue weighted by molar-refractivity contribution is 5.29. The zero-order valence-corrected chi connectivity index (χ0v) is 7.82. The van der Waals surface area contributed by atoms with E-state index in [1.165, 1.54) is 0 Å². The maximum absolute atomic E-state index is 8.57. The largest absolute Gasteiger partial charge is 0.493 e. The van der Waals surface area contributed by atoms with Gasteiger partial charge in [-0.25, -0.2) is 4.98 Å². The normalized spacial score (nSPS) is 9.69. The lowest BCUT2D eigenvalue weighted by molar-refractivity contribution is 0.270. The maximum atomic E-state index is 8.57. The Morgan fingerprint density at radius 1 is 1.62 bits per heavy atom. The minimum Gasteiger partial charge on any atom is -0.493 e. The molecule has 0 aliphatic heterocycles. The van der Waals surface area contributed by atoms with Crippen molar-refractivity contribution in [2.75, 3.05) is 6.61 Å². The van der Waals surface area contributed by atoms with Crippen molar-refractivity contribution in [2.45, 2.75) is 13.8 Å². The van der Waals surface area contributed by atoms with Gasteiger partial charge < -0.3 is 4.74 Å². The summed E-state index contributed by atoms with van der Waals surface area (Å²) in [4.78, 5) is 3.84. The summed E-state index contributed by atoms with van der Waals surface area (Å²) in [6.45, 7) is 4.81. The highest BCUT2D eigenvalue weighted by Gasteiger charge is 1.98. The molecule has 0 amide bonds. The molecular weight excluding hydrogens is 164 g/mol. The smallest absolute Gasteiger partial charge is 0.144 e. The standard InChI is InChI=1S/C10H12N2O/c1-8(2)7-13-10-3-4-12-9(5-10)6-11/h3-5,8H,7H2,1-2H3. The Kier molecular flexibility index (Phi) is 3.27. The van der Waals surface area contributed by atoms with Gasteiger partial charge in [0.25, 0.3) is 0 Å². The van der Waals surface area contributed by atoms with E-state index in [0.29, 0.717) is 24.0 Å². The number of hydrogen-bond acceptors (Lipinski definition) is 3. The number of hydrogen-bond donors (Lipinski definition) is 0. The number of aromatic nitrogens is 1. The van der Waals surface area contributed by atoms with E-state index in [-0.39, 0.29) is 0 Å². The molecule has 0 N–H and O–H groups in total. The van der Waals surface area contributed by atoms with Crippen LogP contribution in [-0.2, 0) is 0 Å². The van der Waals surface area contributed by atoms with Gasteiger partial charge in [0.1, 0.15) is 17.5 Å². The first-order valence-corrected chi connectivity index (χ1v) is 4.21. The van der Waals surface area contributed by atoms with Crippen LogP contribution in [0.25, 0.3) is 0 Å². The minimum atomic E-state index is 0.390. The van der Waals surface area contributed by atoms with Crippen LogP contribution in [0.5, 0.6) is 5.75 Å². The third kappa shape index (κ3) is 3.12. The Morgan fingerprint density at radius 3 is 3.00 bits per heavy atom. The molecule has 0 radical (unpaired) electrons. The first-order valence-electron chi connectivity index (χ1n) is 4.21. The Labute approximate surface area is 78.0 Å². The van der Waals surface area contributed by atoms with Gasteiger partial charge in [0.2, 0.25) is 0 Å². The molecule has 1 aromatic rings. The second kappa shape index (κ2) is 4.46. The van der Waals surface area contributed by atoms with Crippen LogP contribution in [0.1, 0.15) is 19.5 Å². The lowest BCUT2D eigenvalue weighted by Gasteiger charge is -2.07. The average Bonchev–Trinajstić information content (AvgIpc) is 2.15. The molecule has 0 spiro atoms. The Morgan fingerprint density at radius 2 is 2.38 bits per heavy atom. The summed E-state index contributed by atoms with van der Waals surface area (Å²) in [5, 5.41) is 8.57. The molecule has 3 nitrogen and oxygen atoms in total. The van der Waals surface area contributed by atoms with Crippen molar-refractivity contribution >= 4 is 0 Å². The molecule has 13 heavy (non-hydrogen) atoms. The predicted octanol–water partition coefficient (Wildman–Crippen LogP) is 1.99. The number of rotatable bonds is 3. The van der Waals surface area contributed by atoms with Crippen LogP contribution in [0, 0.1) is 17.2 Å². The summed E-state index contributed by atoms with van der Waals surface area (Å²) in [6, 6.07) is 5.36. The third-order valence-corrected chi connectivity index (χ3v) is 1.43. The molecule has 3 heteroatoms. The lowest BCUT2D eigenvalue weighted by atomic mass is 10.2. The van der Waals surface area contributed by atoms with Crippen LogP contribution < -0.4 is 4.74 Å². The fourth-order valence-corrected chi connectivity index (χ4v) is 0.825. The van der Waals surface area contributed by atoms with E-state index in [4.69, 9.17) is 10.00 Å². The second-order valence-electron chi connectivity index (χ2n) is 3.19. The van der Waals surface area contributed by atoms with E-state index in [1.807, 2.05) is 6.07 Å². The molecule has 1 heterocycles. The number of nitrogens with zero attached hydrogens (tertiary/aromatic N) is 2. The van der Waals surface area contributed by atoms with Crippen LogP contribution in [0.4, 0.5) is 0 Å². The van der Waals surface area contributed by atoms with Crippen molar-refractivity contribution in [3.63, 3.8) is 0 Å². The molecule has 1 aromatic heterocycles. The van der Waals surface area contributed by atoms with Crippen molar-refractivity contribution in [1.82, 2.24) is 4.98 Å². The Balaban J connectivity index is 2.63. The zero-order valence-electron chi connectivity index (χ0n) is 7.82. The van der Waals surface area contributed by atoms with Crippen molar-refractivity contribution < 1.29 is 4.74 Å². The van der Waals surface area contributed by atoms with Gasteiger partial charge in [-0.15, -0.1) is 0 Å². The van der Waals surface area contributed by atoms with E-state index in [1.54, 1.807) is 18.3 Å². The molecule has 0 bridgehead atoms. The SMILES string of the molecule is CC(C)COc1ccnc(C#N)c1. The van der Waals surface area contributed by atoms with E-state index >= 15 is 0 Å². The summed E-state index contributed by atoms with van der Waals surface area (Å²) in [6.07, 6.45) is 1.58. The topological polar surface area (TPSA) is 45.9 Å². The fraction of sp³-hybridized carbons (Fsp3) is 0.400. The Hall–Kier alpha value is -1.56. The number of pyridine rings is 1. The first kappa shape index (κ1) is 9.53. The van der Waals surface area contributed by atoms with Gasteiger partial charge in [0.05, 0.1) is 6.61 Å². The monoisotopic (exact) mass is 176 g/mol. The maximum Gasteiger partial charge on any atom is 0.144 e. The van der Waals surface area contributed by atoms with Crippen LogP contribution in [0.3, 0.4) is 0 Å². The molecule has 0 fully saturated rings. The summed E-state index contributed by atoms with van der Waals surface area (Å²) in [5.41, 5.74) is 0.390. The Bertz CT molecular complexity index is 315. The molecule has 0 aliphatic rings. The molecule has 1 rings (SSSR count). The quantitative estimate of drug-likeness (QED) is 0.707. The van der Waals surface area contributed by atoms with Gasteiger partial charge in [0, 0.05) is 12.3 Å². The highest BCUT2D eigenvalue weighted by atomic mass is 16.5. The third-order valence-electron chi connectivity index (χ3n) is 1.43.